The van der Waals surface area contributed by atoms with Gasteiger partial charge in [-0.05, 0) is 65.1 Å². The molecule has 4 aromatic carbocycles. The summed E-state index contributed by atoms with van der Waals surface area (Å²) >= 11 is 0. The number of nitrogens with zero attached hydrogens (tertiary/aromatic N) is 1. The maximum atomic E-state index is 14.5. The number of carbonyl (C=O) groups excluding carboxylic acids is 2. The SMILES string of the molecule is COC(=O)c1ccc(OCC2c3cc(OC)c(OC)cc3CCN2C(=O)C(c2ccccc2)c2ccccc2)cc1. The van der Waals surface area contributed by atoms with Crippen molar-refractivity contribution in [3.63, 3.8) is 0 Å². The lowest BCUT2D eigenvalue weighted by Gasteiger charge is -2.39. The molecule has 0 radical (unpaired) electrons. The Kier molecular flexibility index (Phi) is 8.53. The molecule has 0 N–H and O–H groups in total. The molecule has 0 fully saturated rings. The molecule has 1 aliphatic rings. The summed E-state index contributed by atoms with van der Waals surface area (Å²) in [6, 6.07) is 30.0. The number of fused-ring (bicyclic) bond motifs is 1. The zero-order valence-corrected chi connectivity index (χ0v) is 23.4. The molecule has 0 saturated carbocycles. The molecule has 0 saturated heterocycles. The average Bonchev–Trinajstić information content (AvgIpc) is 3.03. The molecule has 7 heteroatoms. The number of rotatable bonds is 9. The van der Waals surface area contributed by atoms with Gasteiger partial charge in [0.1, 0.15) is 12.4 Å². The van der Waals surface area contributed by atoms with E-state index < -0.39 is 11.9 Å². The standard InChI is InChI=1S/C34H33NO6/c1-38-30-20-26-18-19-35(33(36)32(23-10-6-4-7-11-23)24-12-8-5-9-13-24)29(28(26)21-31(30)39-2)22-41-27-16-14-25(15-17-27)34(37)40-3/h4-17,20-21,29,32H,18-19,22H2,1-3H3. The van der Waals surface area contributed by atoms with Crippen LogP contribution in [0.4, 0.5) is 0 Å². The molecule has 1 atom stereocenters. The van der Waals surface area contributed by atoms with E-state index in [1.807, 2.05) is 77.7 Å². The van der Waals surface area contributed by atoms with Gasteiger partial charge in [-0.2, -0.15) is 0 Å². The normalized spacial score (nSPS) is 14.2. The highest BCUT2D eigenvalue weighted by Gasteiger charge is 2.37. The molecule has 0 aromatic heterocycles. The minimum absolute atomic E-state index is 0.00234. The highest BCUT2D eigenvalue weighted by atomic mass is 16.5. The Morgan fingerprint density at radius 3 is 1.95 bits per heavy atom. The Labute approximate surface area is 240 Å². The maximum absolute atomic E-state index is 14.5. The number of esters is 1. The summed E-state index contributed by atoms with van der Waals surface area (Å²) in [4.78, 5) is 28.3. The van der Waals surface area contributed by atoms with E-state index in [-0.39, 0.29) is 18.6 Å². The first-order chi connectivity index (χ1) is 20.0. The number of ether oxygens (including phenoxy) is 4. The van der Waals surface area contributed by atoms with Gasteiger partial charge in [0, 0.05) is 6.54 Å². The zero-order valence-electron chi connectivity index (χ0n) is 23.4. The molecule has 0 spiro atoms. The van der Waals surface area contributed by atoms with E-state index in [2.05, 4.69) is 0 Å². The quantitative estimate of drug-likeness (QED) is 0.244. The van der Waals surface area contributed by atoms with Crippen molar-refractivity contribution in [2.75, 3.05) is 34.5 Å². The van der Waals surface area contributed by atoms with Gasteiger partial charge in [-0.3, -0.25) is 4.79 Å². The fraction of sp³-hybridized carbons (Fsp3) is 0.235. The fourth-order valence-corrected chi connectivity index (χ4v) is 5.39. The van der Waals surface area contributed by atoms with E-state index in [4.69, 9.17) is 18.9 Å². The molecule has 1 amide bonds. The van der Waals surface area contributed by atoms with E-state index in [1.165, 1.54) is 7.11 Å². The third-order valence-corrected chi connectivity index (χ3v) is 7.48. The third kappa shape index (κ3) is 5.89. The van der Waals surface area contributed by atoms with Gasteiger partial charge in [0.15, 0.2) is 11.5 Å². The van der Waals surface area contributed by atoms with Crippen LogP contribution in [0.3, 0.4) is 0 Å². The first-order valence-electron chi connectivity index (χ1n) is 13.5. The van der Waals surface area contributed by atoms with Crippen molar-refractivity contribution in [2.45, 2.75) is 18.4 Å². The Bertz CT molecular complexity index is 1450. The summed E-state index contributed by atoms with van der Waals surface area (Å²) in [5.74, 6) is 0.938. The summed E-state index contributed by atoms with van der Waals surface area (Å²) in [5, 5.41) is 0. The summed E-state index contributed by atoms with van der Waals surface area (Å²) in [7, 11) is 4.57. The lowest BCUT2D eigenvalue weighted by atomic mass is 9.86. The van der Waals surface area contributed by atoms with E-state index in [0.29, 0.717) is 35.8 Å². The number of hydrogen-bond donors (Lipinski definition) is 0. The minimum atomic E-state index is -0.471. The lowest BCUT2D eigenvalue weighted by molar-refractivity contribution is -0.135. The van der Waals surface area contributed by atoms with Gasteiger partial charge >= 0.3 is 5.97 Å². The Balaban J connectivity index is 1.52. The summed E-state index contributed by atoms with van der Waals surface area (Å²) in [5.41, 5.74) is 4.33. The number of methoxy groups -OCH3 is 3. The molecular weight excluding hydrogens is 518 g/mol. The van der Waals surface area contributed by atoms with Crippen LogP contribution in [0.2, 0.25) is 0 Å². The molecule has 41 heavy (non-hydrogen) atoms. The van der Waals surface area contributed by atoms with Crippen LogP contribution in [-0.4, -0.2) is 51.3 Å². The summed E-state index contributed by atoms with van der Waals surface area (Å²) in [6.45, 7) is 0.731. The van der Waals surface area contributed by atoms with Crippen LogP contribution in [-0.2, 0) is 16.0 Å². The van der Waals surface area contributed by atoms with Crippen molar-refractivity contribution < 1.29 is 28.5 Å². The lowest BCUT2D eigenvalue weighted by Crippen LogP contribution is -2.45. The minimum Gasteiger partial charge on any atom is -0.493 e. The van der Waals surface area contributed by atoms with Gasteiger partial charge in [0.25, 0.3) is 0 Å². The van der Waals surface area contributed by atoms with Crippen molar-refractivity contribution in [3.05, 3.63) is 125 Å². The van der Waals surface area contributed by atoms with Gasteiger partial charge < -0.3 is 23.8 Å². The number of amides is 1. The summed E-state index contributed by atoms with van der Waals surface area (Å²) in [6.07, 6.45) is 0.669. The molecule has 7 nitrogen and oxygen atoms in total. The van der Waals surface area contributed by atoms with E-state index >= 15 is 0 Å². The maximum Gasteiger partial charge on any atom is 0.337 e. The van der Waals surface area contributed by atoms with Gasteiger partial charge in [0.2, 0.25) is 5.91 Å². The first kappa shape index (κ1) is 27.8. The van der Waals surface area contributed by atoms with Crippen LogP contribution in [0, 0.1) is 0 Å². The van der Waals surface area contributed by atoms with E-state index in [1.54, 1.807) is 38.5 Å². The largest absolute Gasteiger partial charge is 0.493 e. The molecule has 0 bridgehead atoms. The Morgan fingerprint density at radius 2 is 1.39 bits per heavy atom. The number of carbonyl (C=O) groups is 2. The van der Waals surface area contributed by atoms with Crippen LogP contribution in [0.1, 0.15) is 44.6 Å². The molecule has 0 aliphatic carbocycles. The molecule has 1 unspecified atom stereocenters. The van der Waals surface area contributed by atoms with E-state index in [0.717, 1.165) is 22.3 Å². The van der Waals surface area contributed by atoms with Crippen LogP contribution in [0.15, 0.2) is 97.1 Å². The van der Waals surface area contributed by atoms with Gasteiger partial charge in [-0.15, -0.1) is 0 Å². The predicted molar refractivity (Wildman–Crippen MR) is 156 cm³/mol. The topological polar surface area (TPSA) is 74.3 Å². The highest BCUT2D eigenvalue weighted by Crippen LogP contribution is 2.40. The molecule has 4 aromatic rings. The number of hydrogen-bond acceptors (Lipinski definition) is 6. The van der Waals surface area contributed by atoms with Crippen molar-refractivity contribution in [3.8, 4) is 17.2 Å². The first-order valence-corrected chi connectivity index (χ1v) is 13.5. The third-order valence-electron chi connectivity index (χ3n) is 7.48. The van der Waals surface area contributed by atoms with Gasteiger partial charge in [-0.1, -0.05) is 60.7 Å². The molecule has 5 rings (SSSR count). The monoisotopic (exact) mass is 551 g/mol. The highest BCUT2D eigenvalue weighted by molar-refractivity contribution is 5.89. The van der Waals surface area contributed by atoms with Crippen molar-refractivity contribution >= 4 is 11.9 Å². The van der Waals surface area contributed by atoms with Crippen LogP contribution < -0.4 is 14.2 Å². The molecule has 1 heterocycles. The van der Waals surface area contributed by atoms with Crippen molar-refractivity contribution in [1.82, 2.24) is 4.90 Å². The van der Waals surface area contributed by atoms with Crippen molar-refractivity contribution in [1.29, 1.82) is 0 Å². The van der Waals surface area contributed by atoms with E-state index in [9.17, 15) is 9.59 Å². The second-order valence-corrected chi connectivity index (χ2v) is 9.78. The molecule has 1 aliphatic heterocycles. The van der Waals surface area contributed by atoms with Crippen LogP contribution in [0.5, 0.6) is 17.2 Å². The zero-order chi connectivity index (χ0) is 28.8. The van der Waals surface area contributed by atoms with Crippen molar-refractivity contribution in [2.24, 2.45) is 0 Å². The second kappa shape index (κ2) is 12.6. The second-order valence-electron chi connectivity index (χ2n) is 9.78. The van der Waals surface area contributed by atoms with Crippen LogP contribution >= 0.6 is 0 Å². The van der Waals surface area contributed by atoms with Gasteiger partial charge in [-0.25, -0.2) is 4.79 Å². The smallest absolute Gasteiger partial charge is 0.337 e. The van der Waals surface area contributed by atoms with Crippen LogP contribution in [0.25, 0.3) is 0 Å². The Morgan fingerprint density at radius 1 is 0.805 bits per heavy atom. The molecular formula is C34H33NO6. The number of benzene rings is 4. The predicted octanol–water partition coefficient (Wildman–Crippen LogP) is 5.83. The average molecular weight is 552 g/mol. The summed E-state index contributed by atoms with van der Waals surface area (Å²) < 4.78 is 22.2. The fourth-order valence-electron chi connectivity index (χ4n) is 5.39. The Hall–Kier alpha value is -4.78. The van der Waals surface area contributed by atoms with Gasteiger partial charge in [0.05, 0.1) is 38.9 Å². The molecule has 210 valence electrons.